The number of rotatable bonds is 0. The van der Waals surface area contributed by atoms with Crippen molar-refractivity contribution in [3.8, 4) is 0 Å². The second kappa shape index (κ2) is 3.73. The van der Waals surface area contributed by atoms with E-state index in [1.807, 2.05) is 0 Å². The maximum absolute atomic E-state index is 4.46. The number of fused-ring (bicyclic) bond motifs is 3. The third-order valence-electron chi connectivity index (χ3n) is 8.55. The Labute approximate surface area is 125 Å². The largest absolute Gasteiger partial charge is 0.0996 e. The normalized spacial score (nSPS) is 56.5. The summed E-state index contributed by atoms with van der Waals surface area (Å²) in [6, 6.07) is 0. The molecule has 4 fully saturated rings. The van der Waals surface area contributed by atoms with Crippen molar-refractivity contribution >= 4 is 0 Å². The fourth-order valence-electron chi connectivity index (χ4n) is 8.22. The van der Waals surface area contributed by atoms with E-state index in [9.17, 15) is 0 Å². The van der Waals surface area contributed by atoms with E-state index >= 15 is 0 Å². The highest BCUT2D eigenvalue weighted by atomic mass is 14.7. The fourth-order valence-corrected chi connectivity index (χ4v) is 8.22. The Kier molecular flexibility index (Phi) is 2.50. The van der Waals surface area contributed by atoms with Crippen LogP contribution in [0.5, 0.6) is 0 Å². The monoisotopic (exact) mass is 272 g/mol. The van der Waals surface area contributed by atoms with Gasteiger partial charge in [-0.15, -0.1) is 0 Å². The molecule has 112 valence electrons. The second-order valence-corrected chi connectivity index (χ2v) is 9.71. The predicted molar refractivity (Wildman–Crippen MR) is 85.4 cm³/mol. The molecule has 0 saturated heterocycles. The maximum Gasteiger partial charge on any atom is -0.0192 e. The SMILES string of the molecule is C=C1C[C@]23C[C@H]1CC[C@H]2[C@]1(C)CCCC(C)(C)[C@H]1[C@@H]3C. The topological polar surface area (TPSA) is 0 Å². The minimum atomic E-state index is 0.553. The summed E-state index contributed by atoms with van der Waals surface area (Å²) in [5.74, 6) is 3.72. The molecule has 0 radical (unpaired) electrons. The van der Waals surface area contributed by atoms with E-state index in [0.717, 1.165) is 23.7 Å². The maximum atomic E-state index is 4.46. The molecule has 4 aliphatic carbocycles. The van der Waals surface area contributed by atoms with Gasteiger partial charge in [0.05, 0.1) is 0 Å². The molecule has 2 bridgehead atoms. The quantitative estimate of drug-likeness (QED) is 0.487. The van der Waals surface area contributed by atoms with Crippen LogP contribution in [0.4, 0.5) is 0 Å². The Balaban J connectivity index is 1.85. The summed E-state index contributed by atoms with van der Waals surface area (Å²) in [6.07, 6.45) is 10.2. The Hall–Kier alpha value is -0.260. The lowest BCUT2D eigenvalue weighted by Gasteiger charge is -2.51. The zero-order chi connectivity index (χ0) is 14.3. The predicted octanol–water partition coefficient (Wildman–Crippen LogP) is 5.83. The molecule has 0 nitrogen and oxygen atoms in total. The molecule has 0 N–H and O–H groups in total. The van der Waals surface area contributed by atoms with E-state index in [1.165, 1.54) is 44.9 Å². The highest BCUT2D eigenvalue weighted by Crippen LogP contribution is 2.77. The standard InChI is InChI=1S/C20H32/c1-13-11-20-12-15(13)7-8-16(20)19(5)10-6-9-18(3,4)17(19)14(20)2/h14-17H,1,6-12H2,2-5H3/t14-,15+,16-,17+,19-,20+/m0/s1. The molecule has 4 rings (SSSR count). The van der Waals surface area contributed by atoms with Crippen LogP contribution in [-0.4, -0.2) is 0 Å². The Bertz CT molecular complexity index is 459. The third kappa shape index (κ3) is 1.35. The van der Waals surface area contributed by atoms with Crippen molar-refractivity contribution < 1.29 is 0 Å². The number of hydrogen-bond acceptors (Lipinski definition) is 0. The summed E-state index contributed by atoms with van der Waals surface area (Å²) in [7, 11) is 0. The zero-order valence-corrected chi connectivity index (χ0v) is 14.0. The van der Waals surface area contributed by atoms with Crippen molar-refractivity contribution in [1.29, 1.82) is 0 Å². The smallest absolute Gasteiger partial charge is 0.0192 e. The van der Waals surface area contributed by atoms with Gasteiger partial charge in [-0.3, -0.25) is 0 Å². The fraction of sp³-hybridized carbons (Fsp3) is 0.900. The van der Waals surface area contributed by atoms with Crippen LogP contribution in [0.2, 0.25) is 0 Å². The molecule has 0 aromatic carbocycles. The van der Waals surface area contributed by atoms with Crippen molar-refractivity contribution in [3.05, 3.63) is 12.2 Å². The minimum Gasteiger partial charge on any atom is -0.0996 e. The van der Waals surface area contributed by atoms with Gasteiger partial charge in [0.2, 0.25) is 0 Å². The Morgan fingerprint density at radius 1 is 1.10 bits per heavy atom. The van der Waals surface area contributed by atoms with Crippen molar-refractivity contribution in [3.63, 3.8) is 0 Å². The zero-order valence-electron chi connectivity index (χ0n) is 14.0. The average molecular weight is 272 g/mol. The van der Waals surface area contributed by atoms with Crippen LogP contribution in [0.25, 0.3) is 0 Å². The van der Waals surface area contributed by atoms with E-state index < -0.39 is 0 Å². The summed E-state index contributed by atoms with van der Waals surface area (Å²) in [4.78, 5) is 0. The third-order valence-corrected chi connectivity index (χ3v) is 8.55. The van der Waals surface area contributed by atoms with Gasteiger partial charge in [-0.25, -0.2) is 0 Å². The van der Waals surface area contributed by atoms with Gasteiger partial charge in [0.25, 0.3) is 0 Å². The molecular formula is C20H32. The molecule has 20 heavy (non-hydrogen) atoms. The van der Waals surface area contributed by atoms with Gasteiger partial charge in [-0.1, -0.05) is 46.3 Å². The van der Waals surface area contributed by atoms with Crippen LogP contribution in [0.3, 0.4) is 0 Å². The molecule has 0 amide bonds. The van der Waals surface area contributed by atoms with Crippen molar-refractivity contribution in [2.24, 2.45) is 39.9 Å². The Morgan fingerprint density at radius 2 is 1.85 bits per heavy atom. The summed E-state index contributed by atoms with van der Waals surface area (Å²) >= 11 is 0. The van der Waals surface area contributed by atoms with Gasteiger partial charge in [-0.05, 0) is 78.4 Å². The van der Waals surface area contributed by atoms with E-state index in [2.05, 4.69) is 34.3 Å². The average Bonchev–Trinajstić information content (AvgIpc) is 2.71. The molecule has 0 heteroatoms. The number of hydrogen-bond donors (Lipinski definition) is 0. The summed E-state index contributed by atoms with van der Waals surface area (Å²) in [5, 5.41) is 0. The molecule has 0 aliphatic heterocycles. The second-order valence-electron chi connectivity index (χ2n) is 9.71. The lowest BCUT2D eigenvalue weighted by atomic mass is 9.54. The highest BCUT2D eigenvalue weighted by Gasteiger charge is 2.69. The van der Waals surface area contributed by atoms with Crippen LogP contribution < -0.4 is 0 Å². The summed E-state index contributed by atoms with van der Waals surface area (Å²) in [5.41, 5.74) is 3.43. The van der Waals surface area contributed by atoms with Gasteiger partial charge >= 0.3 is 0 Å². The molecule has 0 unspecified atom stereocenters. The van der Waals surface area contributed by atoms with E-state index in [1.54, 1.807) is 5.57 Å². The molecule has 4 saturated carbocycles. The number of allylic oxidation sites excluding steroid dienone is 1. The van der Waals surface area contributed by atoms with Crippen molar-refractivity contribution in [1.82, 2.24) is 0 Å². The van der Waals surface area contributed by atoms with Gasteiger partial charge in [0.1, 0.15) is 0 Å². The molecular weight excluding hydrogens is 240 g/mol. The van der Waals surface area contributed by atoms with E-state index in [4.69, 9.17) is 0 Å². The molecule has 0 aromatic heterocycles. The van der Waals surface area contributed by atoms with Crippen LogP contribution >= 0.6 is 0 Å². The molecule has 4 aliphatic rings. The van der Waals surface area contributed by atoms with Crippen LogP contribution in [0.1, 0.15) is 72.6 Å². The molecule has 1 spiro atoms. The van der Waals surface area contributed by atoms with Gasteiger partial charge in [-0.2, -0.15) is 0 Å². The van der Waals surface area contributed by atoms with Crippen molar-refractivity contribution in [2.75, 3.05) is 0 Å². The van der Waals surface area contributed by atoms with E-state index in [-0.39, 0.29) is 0 Å². The van der Waals surface area contributed by atoms with Gasteiger partial charge in [0.15, 0.2) is 0 Å². The van der Waals surface area contributed by atoms with Gasteiger partial charge in [0, 0.05) is 0 Å². The minimum absolute atomic E-state index is 0.553. The molecule has 6 atom stereocenters. The first-order chi connectivity index (χ1) is 9.31. The van der Waals surface area contributed by atoms with Gasteiger partial charge < -0.3 is 0 Å². The lowest BCUT2D eigenvalue weighted by Crippen LogP contribution is -2.43. The molecule has 0 heterocycles. The first kappa shape index (κ1) is 13.4. The van der Waals surface area contributed by atoms with Crippen molar-refractivity contribution in [2.45, 2.75) is 72.6 Å². The summed E-state index contributed by atoms with van der Waals surface area (Å²) in [6.45, 7) is 14.9. The molecule has 0 aromatic rings. The summed E-state index contributed by atoms with van der Waals surface area (Å²) < 4.78 is 0. The van der Waals surface area contributed by atoms with Crippen LogP contribution in [0, 0.1) is 39.9 Å². The first-order valence-corrected chi connectivity index (χ1v) is 8.99. The highest BCUT2D eigenvalue weighted by molar-refractivity contribution is 5.26. The van der Waals surface area contributed by atoms with E-state index in [0.29, 0.717) is 16.2 Å². The van der Waals surface area contributed by atoms with Crippen LogP contribution in [-0.2, 0) is 0 Å². The lowest BCUT2D eigenvalue weighted by molar-refractivity contribution is -0.0191. The Morgan fingerprint density at radius 3 is 2.60 bits per heavy atom. The van der Waals surface area contributed by atoms with Crippen LogP contribution in [0.15, 0.2) is 12.2 Å². The first-order valence-electron chi connectivity index (χ1n) is 8.99.